The van der Waals surface area contributed by atoms with Crippen molar-refractivity contribution in [2.24, 2.45) is 5.10 Å². The number of benzene rings is 3. The van der Waals surface area contributed by atoms with Crippen molar-refractivity contribution in [1.82, 2.24) is 9.66 Å². The van der Waals surface area contributed by atoms with Gasteiger partial charge in [0.1, 0.15) is 12.4 Å². The number of nitrogens with zero attached hydrogens (tertiary/aromatic N) is 3. The molecular weight excluding hydrogens is 436 g/mol. The third-order valence-electron chi connectivity index (χ3n) is 4.61. The number of rotatable bonds is 6. The number of non-ortho nitro benzene ring substituents is 1. The van der Waals surface area contributed by atoms with Crippen molar-refractivity contribution in [2.45, 2.75) is 6.61 Å². The molecule has 1 N–H and O–H groups in total. The van der Waals surface area contributed by atoms with Crippen molar-refractivity contribution >= 4 is 34.4 Å². The Morgan fingerprint density at radius 2 is 1.84 bits per heavy atom. The fourth-order valence-electron chi connectivity index (χ4n) is 3.00. The molecule has 4 rings (SSSR count). The lowest BCUT2D eigenvalue weighted by atomic mass is 10.2. The molecule has 4 aromatic rings. The van der Waals surface area contributed by atoms with E-state index in [9.17, 15) is 19.7 Å². The van der Waals surface area contributed by atoms with Gasteiger partial charge in [-0.05, 0) is 48.0 Å². The van der Waals surface area contributed by atoms with E-state index in [0.717, 1.165) is 10.2 Å². The molecule has 0 amide bonds. The average molecular weight is 451 g/mol. The zero-order valence-electron chi connectivity index (χ0n) is 16.4. The number of hydrogen-bond donors (Lipinski definition) is 1. The number of aromatic nitrogens is 2. The van der Waals surface area contributed by atoms with Gasteiger partial charge in [-0.3, -0.25) is 14.9 Å². The minimum atomic E-state index is -0.680. The van der Waals surface area contributed by atoms with E-state index >= 15 is 0 Å². The molecule has 0 aliphatic carbocycles. The van der Waals surface area contributed by atoms with Gasteiger partial charge in [0, 0.05) is 22.7 Å². The Balaban J connectivity index is 1.62. The van der Waals surface area contributed by atoms with Crippen LogP contribution < -0.4 is 16.0 Å². The molecule has 0 fully saturated rings. The van der Waals surface area contributed by atoms with Crippen molar-refractivity contribution in [3.05, 3.63) is 114 Å². The number of aromatic amines is 1. The predicted molar refractivity (Wildman–Crippen MR) is 121 cm³/mol. The van der Waals surface area contributed by atoms with Gasteiger partial charge >= 0.3 is 5.69 Å². The summed E-state index contributed by atoms with van der Waals surface area (Å²) in [7, 11) is 0. The summed E-state index contributed by atoms with van der Waals surface area (Å²) in [6.07, 6.45) is 1.31. The number of nitrogens with one attached hydrogen (secondary N) is 1. The largest absolute Gasteiger partial charge is 0.488 e. The molecular formula is C22H15ClN4O5. The van der Waals surface area contributed by atoms with E-state index in [1.165, 1.54) is 18.3 Å². The minimum absolute atomic E-state index is 0.0147. The zero-order chi connectivity index (χ0) is 22.7. The highest BCUT2D eigenvalue weighted by molar-refractivity contribution is 6.30. The van der Waals surface area contributed by atoms with Crippen LogP contribution in [0, 0.1) is 10.1 Å². The minimum Gasteiger partial charge on any atom is -0.488 e. The fraction of sp³-hybridized carbons (Fsp3) is 0.0455. The molecule has 0 bridgehead atoms. The van der Waals surface area contributed by atoms with Crippen molar-refractivity contribution in [3.8, 4) is 5.75 Å². The molecule has 1 aromatic heterocycles. The van der Waals surface area contributed by atoms with E-state index < -0.39 is 16.2 Å². The van der Waals surface area contributed by atoms with Gasteiger partial charge in [-0.1, -0.05) is 23.7 Å². The summed E-state index contributed by atoms with van der Waals surface area (Å²) < 4.78 is 6.53. The highest BCUT2D eigenvalue weighted by Gasteiger charge is 2.09. The first-order chi connectivity index (χ1) is 15.4. The number of H-pyrrole nitrogens is 1. The van der Waals surface area contributed by atoms with E-state index in [1.54, 1.807) is 54.6 Å². The van der Waals surface area contributed by atoms with Gasteiger partial charge in [0.2, 0.25) is 0 Å². The van der Waals surface area contributed by atoms with Crippen LogP contribution in [-0.4, -0.2) is 20.8 Å². The molecule has 0 saturated heterocycles. The maximum atomic E-state index is 12.6. The molecule has 3 aromatic carbocycles. The molecule has 0 aliphatic heterocycles. The third-order valence-corrected chi connectivity index (χ3v) is 4.84. The van der Waals surface area contributed by atoms with Gasteiger partial charge in [-0.15, -0.1) is 4.68 Å². The topological polar surface area (TPSA) is 120 Å². The van der Waals surface area contributed by atoms with Gasteiger partial charge in [-0.25, -0.2) is 4.79 Å². The Morgan fingerprint density at radius 3 is 2.59 bits per heavy atom. The predicted octanol–water partition coefficient (Wildman–Crippen LogP) is 3.71. The Kier molecular flexibility index (Phi) is 5.82. The maximum Gasteiger partial charge on any atom is 0.349 e. The van der Waals surface area contributed by atoms with Crippen molar-refractivity contribution in [1.29, 1.82) is 0 Å². The maximum absolute atomic E-state index is 12.6. The standard InChI is InChI=1S/C22H15ClN4O5/c23-16-7-10-20(32-13-14-5-8-17(9-6-14)27(30)31)15(11-16)12-24-26-21(28)18-3-1-2-4-19(18)25-22(26)29/h1-12H,13H2,(H,25,29). The SMILES string of the molecule is O=c1[nH]c2ccccc2c(=O)n1N=Cc1cc(Cl)ccc1OCc1ccc([N+](=O)[O-])cc1. The molecule has 0 aliphatic rings. The highest BCUT2D eigenvalue weighted by Crippen LogP contribution is 2.23. The highest BCUT2D eigenvalue weighted by atomic mass is 35.5. The Morgan fingerprint density at radius 1 is 1.09 bits per heavy atom. The van der Waals surface area contributed by atoms with Crippen LogP contribution in [0.25, 0.3) is 10.9 Å². The second-order valence-corrected chi connectivity index (χ2v) is 7.17. The summed E-state index contributed by atoms with van der Waals surface area (Å²) in [5, 5.41) is 15.5. The number of nitro benzene ring substituents is 1. The summed E-state index contributed by atoms with van der Waals surface area (Å²) in [6, 6.07) is 17.4. The van der Waals surface area contributed by atoms with Crippen molar-refractivity contribution < 1.29 is 9.66 Å². The number of halogens is 1. The lowest BCUT2D eigenvalue weighted by Crippen LogP contribution is -2.32. The molecule has 0 unspecified atom stereocenters. The molecule has 9 nitrogen and oxygen atoms in total. The number of para-hydroxylation sites is 1. The monoisotopic (exact) mass is 450 g/mol. The lowest BCUT2D eigenvalue weighted by molar-refractivity contribution is -0.384. The smallest absolute Gasteiger partial charge is 0.349 e. The van der Waals surface area contributed by atoms with Crippen LogP contribution in [0.15, 0.2) is 81.4 Å². The molecule has 10 heteroatoms. The van der Waals surface area contributed by atoms with E-state index in [0.29, 0.717) is 27.2 Å². The van der Waals surface area contributed by atoms with E-state index in [2.05, 4.69) is 10.1 Å². The number of hydrogen-bond acceptors (Lipinski definition) is 6. The van der Waals surface area contributed by atoms with Crippen molar-refractivity contribution in [3.63, 3.8) is 0 Å². The van der Waals surface area contributed by atoms with Gasteiger partial charge in [0.25, 0.3) is 11.2 Å². The molecule has 0 radical (unpaired) electrons. The van der Waals surface area contributed by atoms with E-state index in [4.69, 9.17) is 16.3 Å². The van der Waals surface area contributed by atoms with Gasteiger partial charge in [0.05, 0.1) is 22.0 Å². The van der Waals surface area contributed by atoms with Crippen LogP contribution in [-0.2, 0) is 6.61 Å². The zero-order valence-corrected chi connectivity index (χ0v) is 17.2. The first-order valence-corrected chi connectivity index (χ1v) is 9.74. The van der Waals surface area contributed by atoms with Crippen LogP contribution in [0.1, 0.15) is 11.1 Å². The fourth-order valence-corrected chi connectivity index (χ4v) is 3.19. The molecule has 0 saturated carbocycles. The average Bonchev–Trinajstić information content (AvgIpc) is 2.78. The summed E-state index contributed by atoms with van der Waals surface area (Å²) in [6.45, 7) is 0.136. The van der Waals surface area contributed by atoms with Crippen LogP contribution in [0.3, 0.4) is 0 Å². The Labute approximate surface area is 185 Å². The second-order valence-electron chi connectivity index (χ2n) is 6.73. The second kappa shape index (κ2) is 8.86. The lowest BCUT2D eigenvalue weighted by Gasteiger charge is -2.10. The molecule has 0 spiro atoms. The van der Waals surface area contributed by atoms with Crippen LogP contribution in [0.4, 0.5) is 5.69 Å². The number of fused-ring (bicyclic) bond motifs is 1. The van der Waals surface area contributed by atoms with Crippen molar-refractivity contribution in [2.75, 3.05) is 0 Å². The molecule has 160 valence electrons. The van der Waals surface area contributed by atoms with Crippen LogP contribution >= 0.6 is 11.6 Å². The first-order valence-electron chi connectivity index (χ1n) is 9.36. The van der Waals surface area contributed by atoms with Crippen LogP contribution in [0.5, 0.6) is 5.75 Å². The van der Waals surface area contributed by atoms with Gasteiger partial charge < -0.3 is 9.72 Å². The van der Waals surface area contributed by atoms with Gasteiger partial charge in [0.15, 0.2) is 0 Å². The Hall–Kier alpha value is -4.24. The number of ether oxygens (including phenoxy) is 1. The first kappa shape index (κ1) is 21.0. The number of nitro groups is 1. The summed E-state index contributed by atoms with van der Waals surface area (Å²) in [4.78, 5) is 37.8. The third kappa shape index (κ3) is 4.42. The summed E-state index contributed by atoms with van der Waals surface area (Å²) in [5.74, 6) is 0.404. The quantitative estimate of drug-likeness (QED) is 0.273. The molecule has 0 atom stereocenters. The summed E-state index contributed by atoms with van der Waals surface area (Å²) in [5.41, 5.74) is 0.328. The van der Waals surface area contributed by atoms with Gasteiger partial charge in [-0.2, -0.15) is 5.10 Å². The van der Waals surface area contributed by atoms with E-state index in [1.807, 2.05) is 0 Å². The van der Waals surface area contributed by atoms with Crippen LogP contribution in [0.2, 0.25) is 5.02 Å². The summed E-state index contributed by atoms with van der Waals surface area (Å²) >= 11 is 6.09. The normalized spacial score (nSPS) is 11.2. The Bertz CT molecular complexity index is 1460. The van der Waals surface area contributed by atoms with E-state index in [-0.39, 0.29) is 12.3 Å². The molecule has 32 heavy (non-hydrogen) atoms. The molecule has 1 heterocycles.